The van der Waals surface area contributed by atoms with Crippen molar-refractivity contribution in [3.05, 3.63) is 48.4 Å². The van der Waals surface area contributed by atoms with Crippen LogP contribution in [0, 0.1) is 11.6 Å². The van der Waals surface area contributed by atoms with Crippen LogP contribution in [0.2, 0.25) is 0 Å². The Bertz CT molecular complexity index is 1520. The Hall–Kier alpha value is -4.43. The van der Waals surface area contributed by atoms with Crippen molar-refractivity contribution in [2.75, 3.05) is 80.4 Å². The molecule has 40 heavy (non-hydrogen) atoms. The molecule has 3 aromatic heterocycles. The first-order valence-corrected chi connectivity index (χ1v) is 12.9. The van der Waals surface area contributed by atoms with E-state index in [0.29, 0.717) is 67.7 Å². The Balaban J connectivity index is 1.35. The molecule has 12 nitrogen and oxygen atoms in total. The number of carbonyl (C=O) groups excluding carboxylic acids is 1. The predicted octanol–water partition coefficient (Wildman–Crippen LogP) is 2.42. The number of rotatable bonds is 4. The van der Waals surface area contributed by atoms with Crippen LogP contribution in [0.5, 0.6) is 0 Å². The van der Waals surface area contributed by atoms with E-state index in [9.17, 15) is 4.79 Å². The standard InChI is InChI=1S/C26H28F2N10O2/c1-35-4-6-36(7-5-35)17-12-19(27)22(20(28)13-17)33-26(39)38-3-2-18-21(16-14-30-24(29)31-15-16)32-25(34-23(18)38)37-8-10-40-11-9-37/h2-3,12-15H,4-11H2,1H3,(H,33,39)(H2,29,30,31). The lowest BCUT2D eigenvalue weighted by molar-refractivity contribution is 0.122. The van der Waals surface area contributed by atoms with Crippen LogP contribution in [0.3, 0.4) is 0 Å². The van der Waals surface area contributed by atoms with Gasteiger partial charge in [0, 0.05) is 74.5 Å². The summed E-state index contributed by atoms with van der Waals surface area (Å²) in [6, 6.07) is 3.38. The van der Waals surface area contributed by atoms with Gasteiger partial charge in [-0.3, -0.25) is 4.57 Å². The normalized spacial score (nSPS) is 16.5. The fourth-order valence-electron chi connectivity index (χ4n) is 4.85. The number of amides is 1. The Morgan fingerprint density at radius 1 is 0.975 bits per heavy atom. The highest BCUT2D eigenvalue weighted by Crippen LogP contribution is 2.30. The third-order valence-corrected chi connectivity index (χ3v) is 7.12. The van der Waals surface area contributed by atoms with Crippen molar-refractivity contribution < 1.29 is 18.3 Å². The molecule has 14 heteroatoms. The van der Waals surface area contributed by atoms with Crippen molar-refractivity contribution in [2.45, 2.75) is 0 Å². The maximum atomic E-state index is 15.1. The maximum Gasteiger partial charge on any atom is 0.331 e. The van der Waals surface area contributed by atoms with Crippen LogP contribution in [0.4, 0.5) is 36.8 Å². The molecule has 208 valence electrons. The molecular weight excluding hydrogens is 522 g/mol. The SMILES string of the molecule is CN1CCN(c2cc(F)c(NC(=O)n3ccc4c(-c5cnc(N)nc5)nc(N5CCOCC5)nc43)c(F)c2)CC1. The number of benzene rings is 1. The lowest BCUT2D eigenvalue weighted by Crippen LogP contribution is -2.44. The minimum atomic E-state index is -0.859. The molecule has 2 aliphatic rings. The number of nitrogens with one attached hydrogen (secondary N) is 1. The van der Waals surface area contributed by atoms with Gasteiger partial charge in [0.05, 0.1) is 18.9 Å². The van der Waals surface area contributed by atoms with E-state index in [4.69, 9.17) is 15.5 Å². The van der Waals surface area contributed by atoms with Gasteiger partial charge in [0.1, 0.15) is 5.69 Å². The first-order valence-electron chi connectivity index (χ1n) is 12.9. The van der Waals surface area contributed by atoms with Crippen molar-refractivity contribution in [3.63, 3.8) is 0 Å². The molecule has 5 heterocycles. The lowest BCUT2D eigenvalue weighted by atomic mass is 10.2. The highest BCUT2D eigenvalue weighted by molar-refractivity contribution is 6.01. The topological polar surface area (TPSA) is 131 Å². The Kier molecular flexibility index (Phi) is 6.86. The van der Waals surface area contributed by atoms with Crippen molar-refractivity contribution in [3.8, 4) is 11.3 Å². The zero-order valence-corrected chi connectivity index (χ0v) is 21.8. The molecule has 0 saturated carbocycles. The quantitative estimate of drug-likeness (QED) is 0.391. The second-order valence-electron chi connectivity index (χ2n) is 9.73. The zero-order chi connectivity index (χ0) is 27.8. The lowest BCUT2D eigenvalue weighted by Gasteiger charge is -2.34. The summed E-state index contributed by atoms with van der Waals surface area (Å²) in [5, 5.41) is 2.92. The van der Waals surface area contributed by atoms with Crippen molar-refractivity contribution >= 4 is 40.3 Å². The number of halogens is 2. The molecule has 0 aliphatic carbocycles. The number of morpholine rings is 1. The molecule has 2 saturated heterocycles. The number of likely N-dealkylation sites (N-methyl/N-ethyl adjacent to an activating group) is 1. The maximum absolute atomic E-state index is 15.1. The van der Waals surface area contributed by atoms with E-state index >= 15 is 8.78 Å². The summed E-state index contributed by atoms with van der Waals surface area (Å²) in [5.41, 5.74) is 6.90. The van der Waals surface area contributed by atoms with Crippen molar-refractivity contribution in [2.24, 2.45) is 0 Å². The average molecular weight is 551 g/mol. The minimum Gasteiger partial charge on any atom is -0.378 e. The summed E-state index contributed by atoms with van der Waals surface area (Å²) < 4.78 is 36.9. The summed E-state index contributed by atoms with van der Waals surface area (Å²) in [7, 11) is 2.00. The van der Waals surface area contributed by atoms with E-state index in [1.807, 2.05) is 16.8 Å². The van der Waals surface area contributed by atoms with E-state index in [2.05, 4.69) is 25.2 Å². The summed E-state index contributed by atoms with van der Waals surface area (Å²) in [4.78, 5) is 36.9. The van der Waals surface area contributed by atoms with Crippen LogP contribution in [-0.2, 0) is 4.74 Å². The fraction of sp³-hybridized carbons (Fsp3) is 0.346. The molecule has 0 spiro atoms. The molecule has 2 fully saturated rings. The van der Waals surface area contributed by atoms with Gasteiger partial charge < -0.3 is 30.5 Å². The van der Waals surface area contributed by atoms with Crippen LogP contribution in [0.15, 0.2) is 36.8 Å². The largest absolute Gasteiger partial charge is 0.378 e. The van der Waals surface area contributed by atoms with Crippen molar-refractivity contribution in [1.82, 2.24) is 29.4 Å². The number of nitrogen functional groups attached to an aromatic ring is 1. The molecule has 0 atom stereocenters. The summed E-state index contributed by atoms with van der Waals surface area (Å²) in [6.45, 7) is 5.03. The van der Waals surface area contributed by atoms with E-state index in [0.717, 1.165) is 13.1 Å². The summed E-state index contributed by atoms with van der Waals surface area (Å²) in [6.07, 6.45) is 4.56. The van der Waals surface area contributed by atoms with Gasteiger partial charge in [-0.1, -0.05) is 0 Å². The third-order valence-electron chi connectivity index (χ3n) is 7.12. The van der Waals surface area contributed by atoms with Crippen molar-refractivity contribution in [1.29, 1.82) is 0 Å². The number of anilines is 4. The molecule has 0 radical (unpaired) electrons. The molecule has 3 N–H and O–H groups in total. The van der Waals surface area contributed by atoms with Crippen LogP contribution >= 0.6 is 0 Å². The van der Waals surface area contributed by atoms with Gasteiger partial charge in [-0.15, -0.1) is 0 Å². The number of aromatic nitrogens is 5. The Morgan fingerprint density at radius 3 is 2.33 bits per heavy atom. The van der Waals surface area contributed by atoms with Gasteiger partial charge in [-0.2, -0.15) is 4.98 Å². The number of hydrogen-bond donors (Lipinski definition) is 2. The van der Waals surface area contributed by atoms with Crippen LogP contribution in [-0.4, -0.2) is 95.0 Å². The molecule has 1 amide bonds. The molecule has 0 unspecified atom stereocenters. The average Bonchev–Trinajstić information content (AvgIpc) is 3.40. The Morgan fingerprint density at radius 2 is 1.65 bits per heavy atom. The number of piperazine rings is 1. The number of ether oxygens (including phenoxy) is 1. The molecular formula is C26H28F2N10O2. The smallest absolute Gasteiger partial charge is 0.331 e. The van der Waals surface area contributed by atoms with E-state index in [1.165, 1.54) is 35.3 Å². The summed E-state index contributed by atoms with van der Waals surface area (Å²) in [5.74, 6) is -1.23. The molecule has 1 aromatic carbocycles. The summed E-state index contributed by atoms with van der Waals surface area (Å²) >= 11 is 0. The van der Waals surface area contributed by atoms with Gasteiger partial charge in [0.25, 0.3) is 0 Å². The van der Waals surface area contributed by atoms with E-state index in [1.54, 1.807) is 6.07 Å². The molecule has 6 rings (SSSR count). The second kappa shape index (κ2) is 10.6. The number of fused-ring (bicyclic) bond motifs is 1. The highest BCUT2D eigenvalue weighted by atomic mass is 19.1. The van der Waals surface area contributed by atoms with E-state index in [-0.39, 0.29) is 11.6 Å². The number of carbonyl (C=O) groups is 1. The van der Waals surface area contributed by atoms with Crippen LogP contribution in [0.1, 0.15) is 0 Å². The molecule has 2 aliphatic heterocycles. The first kappa shape index (κ1) is 25.8. The number of nitrogens with two attached hydrogens (primary N) is 1. The monoisotopic (exact) mass is 550 g/mol. The van der Waals surface area contributed by atoms with E-state index < -0.39 is 23.4 Å². The van der Waals surface area contributed by atoms with Crippen LogP contribution in [0.25, 0.3) is 22.3 Å². The second-order valence-corrected chi connectivity index (χ2v) is 9.73. The zero-order valence-electron chi connectivity index (χ0n) is 21.8. The van der Waals surface area contributed by atoms with Gasteiger partial charge in [-0.25, -0.2) is 28.5 Å². The van der Waals surface area contributed by atoms with Gasteiger partial charge >= 0.3 is 6.03 Å². The highest BCUT2D eigenvalue weighted by Gasteiger charge is 2.24. The third kappa shape index (κ3) is 4.98. The number of hydrogen-bond acceptors (Lipinski definition) is 10. The molecule has 0 bridgehead atoms. The van der Waals surface area contributed by atoms with Gasteiger partial charge in [0.2, 0.25) is 11.9 Å². The number of nitrogens with zero attached hydrogens (tertiary/aromatic N) is 8. The molecule has 4 aromatic rings. The first-order chi connectivity index (χ1) is 19.4. The minimum absolute atomic E-state index is 0.113. The van der Waals surface area contributed by atoms with Gasteiger partial charge in [-0.05, 0) is 25.2 Å². The predicted molar refractivity (Wildman–Crippen MR) is 146 cm³/mol. The van der Waals surface area contributed by atoms with Gasteiger partial charge in [0.15, 0.2) is 17.3 Å². The fourth-order valence-corrected chi connectivity index (χ4v) is 4.85. The van der Waals surface area contributed by atoms with Crippen LogP contribution < -0.4 is 20.9 Å². The Labute approximate surface area is 228 Å².